The van der Waals surface area contributed by atoms with Crippen LogP contribution in [-0.4, -0.2) is 0 Å². The van der Waals surface area contributed by atoms with Gasteiger partial charge in [-0.25, -0.2) is 0 Å². The van der Waals surface area contributed by atoms with E-state index in [0.29, 0.717) is 11.3 Å². The fourth-order valence-electron chi connectivity index (χ4n) is 2.24. The number of allylic oxidation sites excluding steroid dienone is 3. The van der Waals surface area contributed by atoms with Crippen molar-refractivity contribution in [2.24, 2.45) is 11.3 Å². The van der Waals surface area contributed by atoms with Gasteiger partial charge >= 0.3 is 0 Å². The number of hydrogen-bond acceptors (Lipinski definition) is 0. The SMILES string of the molecule is C=C(CC)C(C=CCC)C(C)(C)CCC. The third-order valence-corrected chi connectivity index (χ3v) is 3.19. The van der Waals surface area contributed by atoms with E-state index in [4.69, 9.17) is 0 Å². The van der Waals surface area contributed by atoms with Crippen molar-refractivity contribution >= 4 is 0 Å². The normalized spacial score (nSPS) is 14.5. The van der Waals surface area contributed by atoms with Gasteiger partial charge in [0.05, 0.1) is 0 Å². The maximum Gasteiger partial charge on any atom is 0.00252 e. The summed E-state index contributed by atoms with van der Waals surface area (Å²) >= 11 is 0. The van der Waals surface area contributed by atoms with Crippen LogP contribution in [0.25, 0.3) is 0 Å². The zero-order valence-corrected chi connectivity index (χ0v) is 11.3. The van der Waals surface area contributed by atoms with Gasteiger partial charge in [-0.2, -0.15) is 0 Å². The Morgan fingerprint density at radius 2 is 1.87 bits per heavy atom. The monoisotopic (exact) mass is 208 g/mol. The summed E-state index contributed by atoms with van der Waals surface area (Å²) in [6, 6.07) is 0. The van der Waals surface area contributed by atoms with Crippen LogP contribution in [0.15, 0.2) is 24.3 Å². The van der Waals surface area contributed by atoms with E-state index in [1.54, 1.807) is 0 Å². The lowest BCUT2D eigenvalue weighted by atomic mass is 9.71. The smallest absolute Gasteiger partial charge is 0.00252 e. The summed E-state index contributed by atoms with van der Waals surface area (Å²) in [5.41, 5.74) is 1.73. The Kier molecular flexibility index (Phi) is 6.63. The van der Waals surface area contributed by atoms with Gasteiger partial charge in [0.2, 0.25) is 0 Å². The molecule has 0 aliphatic rings. The molecule has 0 aromatic carbocycles. The van der Waals surface area contributed by atoms with Gasteiger partial charge in [-0.1, -0.05) is 65.3 Å². The Balaban J connectivity index is 4.75. The van der Waals surface area contributed by atoms with Crippen molar-refractivity contribution in [2.45, 2.75) is 60.3 Å². The highest BCUT2D eigenvalue weighted by atomic mass is 14.3. The summed E-state index contributed by atoms with van der Waals surface area (Å²) in [7, 11) is 0. The lowest BCUT2D eigenvalue weighted by Gasteiger charge is -2.33. The Bertz CT molecular complexity index is 208. The minimum absolute atomic E-state index is 0.355. The summed E-state index contributed by atoms with van der Waals surface area (Å²) < 4.78 is 0. The second kappa shape index (κ2) is 6.87. The molecule has 0 rings (SSSR count). The summed E-state index contributed by atoms with van der Waals surface area (Å²) in [5.74, 6) is 0.544. The molecule has 0 aromatic heterocycles. The van der Waals surface area contributed by atoms with Crippen LogP contribution < -0.4 is 0 Å². The largest absolute Gasteiger partial charge is 0.0993 e. The van der Waals surface area contributed by atoms with Crippen LogP contribution in [0.2, 0.25) is 0 Å². The molecule has 0 bridgehead atoms. The van der Waals surface area contributed by atoms with Crippen LogP contribution >= 0.6 is 0 Å². The van der Waals surface area contributed by atoms with Crippen molar-refractivity contribution in [1.82, 2.24) is 0 Å². The van der Waals surface area contributed by atoms with E-state index in [2.05, 4.69) is 53.3 Å². The van der Waals surface area contributed by atoms with Crippen LogP contribution in [0.3, 0.4) is 0 Å². The third kappa shape index (κ3) is 4.68. The van der Waals surface area contributed by atoms with Crippen LogP contribution in [0.1, 0.15) is 60.3 Å². The third-order valence-electron chi connectivity index (χ3n) is 3.19. The molecule has 0 aliphatic heterocycles. The molecule has 88 valence electrons. The van der Waals surface area contributed by atoms with Gasteiger partial charge in [0.15, 0.2) is 0 Å². The zero-order valence-electron chi connectivity index (χ0n) is 11.3. The molecule has 0 aliphatic carbocycles. The molecule has 1 unspecified atom stereocenters. The predicted octanol–water partition coefficient (Wildman–Crippen LogP) is 5.36. The first kappa shape index (κ1) is 14.5. The molecule has 0 aromatic rings. The maximum atomic E-state index is 4.22. The van der Waals surface area contributed by atoms with E-state index in [1.807, 2.05) is 0 Å². The van der Waals surface area contributed by atoms with Crippen LogP contribution in [0, 0.1) is 11.3 Å². The molecular formula is C15H28. The first-order valence-electron chi connectivity index (χ1n) is 6.33. The van der Waals surface area contributed by atoms with Gasteiger partial charge in [0.1, 0.15) is 0 Å². The summed E-state index contributed by atoms with van der Waals surface area (Å²) in [6.07, 6.45) is 9.37. The molecule has 0 radical (unpaired) electrons. The molecule has 0 saturated carbocycles. The Labute approximate surface area is 96.5 Å². The van der Waals surface area contributed by atoms with E-state index >= 15 is 0 Å². The zero-order chi connectivity index (χ0) is 11.9. The van der Waals surface area contributed by atoms with Gasteiger partial charge in [-0.3, -0.25) is 0 Å². The highest BCUT2D eigenvalue weighted by Gasteiger charge is 2.27. The molecule has 1 atom stereocenters. The van der Waals surface area contributed by atoms with Gasteiger partial charge in [-0.05, 0) is 24.7 Å². The first-order chi connectivity index (χ1) is 6.99. The van der Waals surface area contributed by atoms with E-state index < -0.39 is 0 Å². The molecular weight excluding hydrogens is 180 g/mol. The number of hydrogen-bond donors (Lipinski definition) is 0. The molecule has 0 heteroatoms. The quantitative estimate of drug-likeness (QED) is 0.494. The van der Waals surface area contributed by atoms with E-state index in [0.717, 1.165) is 12.8 Å². The highest BCUT2D eigenvalue weighted by Crippen LogP contribution is 2.38. The minimum atomic E-state index is 0.355. The fraction of sp³-hybridized carbons (Fsp3) is 0.733. The topological polar surface area (TPSA) is 0 Å². The summed E-state index contributed by atoms with van der Waals surface area (Å²) in [5, 5.41) is 0. The van der Waals surface area contributed by atoms with Gasteiger partial charge < -0.3 is 0 Å². The maximum absolute atomic E-state index is 4.22. The second-order valence-corrected chi connectivity index (χ2v) is 5.06. The molecule has 0 saturated heterocycles. The molecule has 0 amide bonds. The molecule has 15 heavy (non-hydrogen) atoms. The van der Waals surface area contributed by atoms with Crippen molar-refractivity contribution in [3.8, 4) is 0 Å². The molecule has 0 N–H and O–H groups in total. The average molecular weight is 208 g/mol. The molecule has 0 nitrogen and oxygen atoms in total. The Morgan fingerprint density at radius 3 is 2.27 bits per heavy atom. The van der Waals surface area contributed by atoms with Crippen molar-refractivity contribution in [1.29, 1.82) is 0 Å². The average Bonchev–Trinajstić information content (AvgIpc) is 2.17. The minimum Gasteiger partial charge on any atom is -0.0993 e. The van der Waals surface area contributed by atoms with E-state index in [1.165, 1.54) is 18.4 Å². The molecule has 0 spiro atoms. The molecule has 0 heterocycles. The van der Waals surface area contributed by atoms with Crippen LogP contribution in [-0.2, 0) is 0 Å². The summed E-state index contributed by atoms with van der Waals surface area (Å²) in [6.45, 7) is 15.6. The van der Waals surface area contributed by atoms with Crippen molar-refractivity contribution in [3.63, 3.8) is 0 Å². The lowest BCUT2D eigenvalue weighted by Crippen LogP contribution is -2.23. The van der Waals surface area contributed by atoms with Crippen molar-refractivity contribution in [2.75, 3.05) is 0 Å². The lowest BCUT2D eigenvalue weighted by molar-refractivity contribution is 0.262. The second-order valence-electron chi connectivity index (χ2n) is 5.06. The Morgan fingerprint density at radius 1 is 1.27 bits per heavy atom. The van der Waals surface area contributed by atoms with Gasteiger partial charge in [0.25, 0.3) is 0 Å². The number of rotatable bonds is 7. The van der Waals surface area contributed by atoms with Crippen LogP contribution in [0.5, 0.6) is 0 Å². The van der Waals surface area contributed by atoms with E-state index in [-0.39, 0.29) is 0 Å². The fourth-order valence-corrected chi connectivity index (χ4v) is 2.24. The standard InChI is InChI=1S/C15H28/c1-7-10-11-14(13(4)9-3)15(5,6)12-8-2/h10-11,14H,4,7-9,12H2,1-3,5-6H3. The van der Waals surface area contributed by atoms with Crippen molar-refractivity contribution in [3.05, 3.63) is 24.3 Å². The molecule has 0 fully saturated rings. The first-order valence-corrected chi connectivity index (χ1v) is 6.33. The van der Waals surface area contributed by atoms with Crippen LogP contribution in [0.4, 0.5) is 0 Å². The highest BCUT2D eigenvalue weighted by molar-refractivity contribution is 5.13. The van der Waals surface area contributed by atoms with Gasteiger partial charge in [0, 0.05) is 5.92 Å². The van der Waals surface area contributed by atoms with E-state index in [9.17, 15) is 0 Å². The predicted molar refractivity (Wildman–Crippen MR) is 71.0 cm³/mol. The van der Waals surface area contributed by atoms with Gasteiger partial charge in [-0.15, -0.1) is 0 Å². The van der Waals surface area contributed by atoms with Crippen molar-refractivity contribution < 1.29 is 0 Å². The summed E-state index contributed by atoms with van der Waals surface area (Å²) in [4.78, 5) is 0. The Hall–Kier alpha value is -0.520.